The predicted octanol–water partition coefficient (Wildman–Crippen LogP) is 0.316. The number of rotatable bonds is 8. The van der Waals surface area contributed by atoms with E-state index in [9.17, 15) is 4.79 Å². The molecule has 0 saturated carbocycles. The van der Waals surface area contributed by atoms with Gasteiger partial charge in [-0.15, -0.1) is 0 Å². The second-order valence-electron chi connectivity index (χ2n) is 7.14. The van der Waals surface area contributed by atoms with Crippen molar-refractivity contribution in [3.05, 3.63) is 65.7 Å². The van der Waals surface area contributed by atoms with E-state index in [4.69, 9.17) is 4.74 Å². The molecule has 2 N–H and O–H groups in total. The van der Waals surface area contributed by atoms with Crippen molar-refractivity contribution in [3.63, 3.8) is 0 Å². The van der Waals surface area contributed by atoms with Crippen LogP contribution in [-0.2, 0) is 17.8 Å². The van der Waals surface area contributed by atoms with E-state index < -0.39 is 0 Å². The summed E-state index contributed by atoms with van der Waals surface area (Å²) in [5.41, 5.74) is 2.29. The minimum Gasteiger partial charge on any atom is -1.00 e. The summed E-state index contributed by atoms with van der Waals surface area (Å²) in [6.07, 6.45) is 1.02. The Morgan fingerprint density at radius 1 is 0.962 bits per heavy atom. The molecule has 4 nitrogen and oxygen atoms in total. The van der Waals surface area contributed by atoms with Gasteiger partial charge < -0.3 is 27.8 Å². The summed E-state index contributed by atoms with van der Waals surface area (Å²) >= 11 is 0. The lowest BCUT2D eigenvalue weighted by Crippen LogP contribution is -3.00. The van der Waals surface area contributed by atoms with Crippen molar-refractivity contribution in [1.29, 1.82) is 0 Å². The second kappa shape index (κ2) is 10.8. The van der Waals surface area contributed by atoms with E-state index in [-0.39, 0.29) is 30.5 Å². The Morgan fingerprint density at radius 2 is 1.62 bits per heavy atom. The molecule has 0 aromatic heterocycles. The van der Waals surface area contributed by atoms with Crippen molar-refractivity contribution in [3.8, 4) is 5.75 Å². The molecule has 0 aliphatic rings. The fourth-order valence-electron chi connectivity index (χ4n) is 2.42. The van der Waals surface area contributed by atoms with E-state index in [1.54, 1.807) is 0 Å². The largest absolute Gasteiger partial charge is 1.00 e. The topological polar surface area (TPSA) is 50.4 Å². The van der Waals surface area contributed by atoms with Crippen LogP contribution in [0, 0.1) is 0 Å². The number of nitrogens with one attached hydrogen (secondary N) is 2. The van der Waals surface area contributed by atoms with Gasteiger partial charge in [0.05, 0.1) is 0 Å². The standard InChI is InChI=1S/C21H28N2O2.ClH/c1-21(2,3)23-20(24)16-25-19-11-9-18(10-12-19)15-22-14-13-17-7-5-4-6-8-17;/h4-12,22H,13-16H2,1-3H3,(H,23,24);1H/p-1. The first kappa shape index (κ1) is 22.0. The van der Waals surface area contributed by atoms with Gasteiger partial charge in [-0.3, -0.25) is 4.79 Å². The third kappa shape index (κ3) is 8.88. The molecule has 5 heteroatoms. The van der Waals surface area contributed by atoms with E-state index in [1.165, 1.54) is 11.1 Å². The highest BCUT2D eigenvalue weighted by Gasteiger charge is 2.13. The fraction of sp³-hybridized carbons (Fsp3) is 0.381. The molecule has 0 fully saturated rings. The van der Waals surface area contributed by atoms with Crippen LogP contribution >= 0.6 is 0 Å². The number of carbonyl (C=O) groups excluding carboxylic acids is 1. The summed E-state index contributed by atoms with van der Waals surface area (Å²) in [6, 6.07) is 18.3. The number of ether oxygens (including phenoxy) is 1. The van der Waals surface area contributed by atoms with Crippen molar-refractivity contribution < 1.29 is 21.9 Å². The molecule has 2 aromatic rings. The fourth-order valence-corrected chi connectivity index (χ4v) is 2.42. The summed E-state index contributed by atoms with van der Waals surface area (Å²) in [7, 11) is 0. The van der Waals surface area contributed by atoms with Gasteiger partial charge in [0.2, 0.25) is 0 Å². The van der Waals surface area contributed by atoms with Crippen molar-refractivity contribution in [2.75, 3.05) is 13.2 Å². The summed E-state index contributed by atoms with van der Waals surface area (Å²) < 4.78 is 5.52. The van der Waals surface area contributed by atoms with Gasteiger partial charge >= 0.3 is 0 Å². The highest BCUT2D eigenvalue weighted by atomic mass is 35.5. The van der Waals surface area contributed by atoms with Crippen LogP contribution in [0.4, 0.5) is 0 Å². The number of benzene rings is 2. The van der Waals surface area contributed by atoms with Gasteiger partial charge in [-0.05, 0) is 57.0 Å². The average molecular weight is 376 g/mol. The van der Waals surface area contributed by atoms with E-state index >= 15 is 0 Å². The second-order valence-corrected chi connectivity index (χ2v) is 7.14. The number of hydrogen-bond acceptors (Lipinski definition) is 3. The Bertz CT molecular complexity index is 652. The molecule has 0 bridgehead atoms. The van der Waals surface area contributed by atoms with Crippen molar-refractivity contribution >= 4 is 5.91 Å². The van der Waals surface area contributed by atoms with E-state index in [0.717, 1.165) is 19.5 Å². The Labute approximate surface area is 162 Å². The van der Waals surface area contributed by atoms with Gasteiger partial charge in [0.15, 0.2) is 6.61 Å². The van der Waals surface area contributed by atoms with E-state index in [0.29, 0.717) is 5.75 Å². The quantitative estimate of drug-likeness (QED) is 0.653. The smallest absolute Gasteiger partial charge is 0.258 e. The highest BCUT2D eigenvalue weighted by Crippen LogP contribution is 2.12. The molecule has 142 valence electrons. The minimum absolute atomic E-state index is 0. The van der Waals surface area contributed by atoms with Crippen LogP contribution in [0.15, 0.2) is 54.6 Å². The lowest BCUT2D eigenvalue weighted by atomic mass is 10.1. The summed E-state index contributed by atoms with van der Waals surface area (Å²) in [6.45, 7) is 7.64. The zero-order valence-electron chi connectivity index (χ0n) is 15.7. The number of hydrogen-bond donors (Lipinski definition) is 2. The van der Waals surface area contributed by atoms with Crippen LogP contribution in [0.5, 0.6) is 5.75 Å². The molecule has 0 atom stereocenters. The molecule has 2 rings (SSSR count). The maximum absolute atomic E-state index is 11.7. The molecule has 0 heterocycles. The van der Waals surface area contributed by atoms with E-state index in [1.807, 2.05) is 51.1 Å². The molecule has 1 amide bonds. The molecule has 2 aromatic carbocycles. The van der Waals surface area contributed by atoms with Crippen LogP contribution in [0.1, 0.15) is 31.9 Å². The Morgan fingerprint density at radius 3 is 2.23 bits per heavy atom. The molecule has 0 saturated heterocycles. The molecule has 0 aliphatic heterocycles. The third-order valence-corrected chi connectivity index (χ3v) is 3.57. The van der Waals surface area contributed by atoms with Crippen molar-refractivity contribution in [2.45, 2.75) is 39.3 Å². The SMILES string of the molecule is CC(C)(C)NC(=O)COc1ccc(CNCCc2ccccc2)cc1.[Cl-]. The van der Waals surface area contributed by atoms with Crippen LogP contribution < -0.4 is 27.8 Å². The zero-order chi connectivity index (χ0) is 18.1. The van der Waals surface area contributed by atoms with Crippen LogP contribution in [-0.4, -0.2) is 24.6 Å². The van der Waals surface area contributed by atoms with Crippen LogP contribution in [0.3, 0.4) is 0 Å². The first-order valence-electron chi connectivity index (χ1n) is 8.70. The molecule has 0 aliphatic carbocycles. The zero-order valence-corrected chi connectivity index (χ0v) is 16.5. The predicted molar refractivity (Wildman–Crippen MR) is 102 cm³/mol. The normalized spacial score (nSPS) is 10.7. The number of carbonyl (C=O) groups is 1. The summed E-state index contributed by atoms with van der Waals surface area (Å²) in [5.74, 6) is 0.594. The van der Waals surface area contributed by atoms with Crippen LogP contribution in [0.2, 0.25) is 0 Å². The third-order valence-electron chi connectivity index (χ3n) is 3.57. The lowest BCUT2D eigenvalue weighted by Gasteiger charge is -2.20. The molecule has 0 radical (unpaired) electrons. The van der Waals surface area contributed by atoms with Gasteiger partial charge in [-0.2, -0.15) is 0 Å². The molecular weight excluding hydrogens is 348 g/mol. The van der Waals surface area contributed by atoms with Gasteiger partial charge in [0.25, 0.3) is 5.91 Å². The lowest BCUT2D eigenvalue weighted by molar-refractivity contribution is -0.124. The Kier molecular flexibility index (Phi) is 9.17. The molecule has 0 spiro atoms. The van der Waals surface area contributed by atoms with E-state index in [2.05, 4.69) is 34.9 Å². The Hall–Kier alpha value is -2.04. The minimum atomic E-state index is -0.240. The first-order chi connectivity index (χ1) is 11.9. The van der Waals surface area contributed by atoms with Gasteiger partial charge in [0.1, 0.15) is 5.75 Å². The van der Waals surface area contributed by atoms with Gasteiger partial charge in [-0.1, -0.05) is 42.5 Å². The van der Waals surface area contributed by atoms with Gasteiger partial charge in [-0.25, -0.2) is 0 Å². The monoisotopic (exact) mass is 375 g/mol. The van der Waals surface area contributed by atoms with Crippen LogP contribution in [0.25, 0.3) is 0 Å². The highest BCUT2D eigenvalue weighted by molar-refractivity contribution is 5.78. The average Bonchev–Trinajstić information content (AvgIpc) is 2.57. The Balaban J connectivity index is 0.00000338. The summed E-state index contributed by atoms with van der Waals surface area (Å²) in [5, 5.41) is 6.32. The van der Waals surface area contributed by atoms with Gasteiger partial charge in [0, 0.05) is 12.1 Å². The van der Waals surface area contributed by atoms with Crippen molar-refractivity contribution in [1.82, 2.24) is 10.6 Å². The summed E-state index contributed by atoms with van der Waals surface area (Å²) in [4.78, 5) is 11.7. The molecular formula is C21H28ClN2O2-. The number of amides is 1. The van der Waals surface area contributed by atoms with Crippen molar-refractivity contribution in [2.24, 2.45) is 0 Å². The molecule has 26 heavy (non-hydrogen) atoms. The first-order valence-corrected chi connectivity index (χ1v) is 8.70. The molecule has 0 unspecified atom stereocenters. The maximum Gasteiger partial charge on any atom is 0.258 e. The number of halogens is 1. The maximum atomic E-state index is 11.7.